The number of amides is 1. The summed E-state index contributed by atoms with van der Waals surface area (Å²) in [5.41, 5.74) is 2.46. The summed E-state index contributed by atoms with van der Waals surface area (Å²) < 4.78 is 10.9. The van der Waals surface area contributed by atoms with E-state index in [1.807, 2.05) is 38.1 Å². The number of aryl methyl sites for hydroxylation is 2. The molecule has 27 heavy (non-hydrogen) atoms. The molecule has 1 aromatic heterocycles. The number of nitrogens with zero attached hydrogens (tertiary/aromatic N) is 1. The van der Waals surface area contributed by atoms with Crippen molar-refractivity contribution >= 4 is 5.91 Å². The van der Waals surface area contributed by atoms with Gasteiger partial charge in [0.05, 0.1) is 13.2 Å². The first-order valence-corrected chi connectivity index (χ1v) is 9.22. The van der Waals surface area contributed by atoms with E-state index in [1.54, 1.807) is 18.1 Å². The summed E-state index contributed by atoms with van der Waals surface area (Å²) in [6.45, 7) is 5.31. The third kappa shape index (κ3) is 4.57. The van der Waals surface area contributed by atoms with E-state index in [4.69, 9.17) is 9.47 Å². The van der Waals surface area contributed by atoms with E-state index in [-0.39, 0.29) is 23.1 Å². The number of hydrogen-bond donors (Lipinski definition) is 1. The van der Waals surface area contributed by atoms with E-state index < -0.39 is 0 Å². The van der Waals surface area contributed by atoms with Crippen molar-refractivity contribution in [2.24, 2.45) is 0 Å². The molecule has 0 aliphatic carbocycles. The van der Waals surface area contributed by atoms with Crippen LogP contribution in [0.15, 0.2) is 35.1 Å². The van der Waals surface area contributed by atoms with Gasteiger partial charge in [0.15, 0.2) is 0 Å². The van der Waals surface area contributed by atoms with E-state index in [9.17, 15) is 9.59 Å². The van der Waals surface area contributed by atoms with Crippen molar-refractivity contribution in [3.8, 4) is 5.75 Å². The van der Waals surface area contributed by atoms with Gasteiger partial charge in [-0.3, -0.25) is 9.59 Å². The predicted molar refractivity (Wildman–Crippen MR) is 103 cm³/mol. The molecule has 1 aliphatic heterocycles. The second kappa shape index (κ2) is 8.39. The Morgan fingerprint density at radius 3 is 2.67 bits per heavy atom. The topological polar surface area (TPSA) is 71.6 Å². The van der Waals surface area contributed by atoms with Gasteiger partial charge in [-0.2, -0.15) is 0 Å². The summed E-state index contributed by atoms with van der Waals surface area (Å²) in [6, 6.07) is 9.27. The van der Waals surface area contributed by atoms with E-state index in [2.05, 4.69) is 4.98 Å². The molecule has 1 amide bonds. The molecular formula is C21H26N2O4. The van der Waals surface area contributed by atoms with E-state index >= 15 is 0 Å². The second-order valence-electron chi connectivity index (χ2n) is 6.99. The molecule has 6 nitrogen and oxygen atoms in total. The van der Waals surface area contributed by atoms with Crippen LogP contribution in [-0.2, 0) is 11.3 Å². The van der Waals surface area contributed by atoms with Crippen LogP contribution in [0.3, 0.4) is 0 Å². The summed E-state index contributed by atoms with van der Waals surface area (Å²) in [5, 5.41) is 0. The Labute approximate surface area is 159 Å². The van der Waals surface area contributed by atoms with Gasteiger partial charge in [-0.05, 0) is 56.0 Å². The molecule has 1 N–H and O–H groups in total. The number of aromatic nitrogens is 1. The number of carbonyl (C=O) groups excluding carboxylic acids is 1. The molecule has 0 saturated carbocycles. The molecule has 2 aromatic rings. The van der Waals surface area contributed by atoms with Crippen LogP contribution < -0.4 is 10.3 Å². The molecule has 1 atom stereocenters. The molecule has 0 radical (unpaired) electrons. The Morgan fingerprint density at radius 2 is 2.04 bits per heavy atom. The lowest BCUT2D eigenvalue weighted by atomic mass is 10.1. The molecule has 1 fully saturated rings. The molecule has 1 aliphatic rings. The van der Waals surface area contributed by atoms with Gasteiger partial charge in [0.2, 0.25) is 0 Å². The molecule has 0 bridgehead atoms. The monoisotopic (exact) mass is 370 g/mol. The Balaban J connectivity index is 1.87. The SMILES string of the molecule is COc1ccc(CN(CC2CCCO2)C(=O)c2cc(C)c(C)[nH]c2=O)cc1. The Hall–Kier alpha value is -2.60. The van der Waals surface area contributed by atoms with Crippen LogP contribution in [0.5, 0.6) is 5.75 Å². The van der Waals surface area contributed by atoms with E-state index in [0.717, 1.165) is 42.0 Å². The first kappa shape index (κ1) is 19.2. The van der Waals surface area contributed by atoms with Gasteiger partial charge in [-0.15, -0.1) is 0 Å². The molecular weight excluding hydrogens is 344 g/mol. The number of pyridine rings is 1. The quantitative estimate of drug-likeness (QED) is 0.849. The van der Waals surface area contributed by atoms with Gasteiger partial charge in [-0.1, -0.05) is 12.1 Å². The van der Waals surface area contributed by atoms with Gasteiger partial charge in [-0.25, -0.2) is 0 Å². The van der Waals surface area contributed by atoms with Crippen molar-refractivity contribution in [1.29, 1.82) is 0 Å². The highest BCUT2D eigenvalue weighted by molar-refractivity contribution is 5.94. The fourth-order valence-electron chi connectivity index (χ4n) is 3.26. The van der Waals surface area contributed by atoms with Gasteiger partial charge in [0, 0.05) is 25.4 Å². The number of benzene rings is 1. The number of rotatable bonds is 6. The zero-order valence-corrected chi connectivity index (χ0v) is 16.1. The van der Waals surface area contributed by atoms with Gasteiger partial charge >= 0.3 is 0 Å². The summed E-state index contributed by atoms with van der Waals surface area (Å²) in [7, 11) is 1.62. The van der Waals surface area contributed by atoms with E-state index in [1.165, 1.54) is 0 Å². The summed E-state index contributed by atoms with van der Waals surface area (Å²) >= 11 is 0. The molecule has 1 saturated heterocycles. The smallest absolute Gasteiger partial charge is 0.261 e. The number of aromatic amines is 1. The largest absolute Gasteiger partial charge is 0.497 e. The number of hydrogen-bond acceptors (Lipinski definition) is 4. The van der Waals surface area contributed by atoms with Crippen molar-refractivity contribution in [3.05, 3.63) is 63.1 Å². The fraction of sp³-hybridized carbons (Fsp3) is 0.429. The Morgan fingerprint density at radius 1 is 1.30 bits per heavy atom. The maximum Gasteiger partial charge on any atom is 0.261 e. The average Bonchev–Trinajstić information content (AvgIpc) is 3.17. The number of carbonyl (C=O) groups is 1. The summed E-state index contributed by atoms with van der Waals surface area (Å²) in [4.78, 5) is 30.0. The third-order valence-corrected chi connectivity index (χ3v) is 5.00. The normalized spacial score (nSPS) is 16.3. The van der Waals surface area contributed by atoms with E-state index in [0.29, 0.717) is 13.1 Å². The van der Waals surface area contributed by atoms with Crippen molar-refractivity contribution in [2.75, 3.05) is 20.3 Å². The van der Waals surface area contributed by atoms with Gasteiger partial charge < -0.3 is 19.4 Å². The molecule has 1 unspecified atom stereocenters. The lowest BCUT2D eigenvalue weighted by Gasteiger charge is -2.26. The van der Waals surface area contributed by atoms with Crippen LogP contribution in [-0.4, -0.2) is 42.2 Å². The zero-order chi connectivity index (χ0) is 19.4. The molecule has 0 spiro atoms. The summed E-state index contributed by atoms with van der Waals surface area (Å²) in [6.07, 6.45) is 1.94. The van der Waals surface area contributed by atoms with Gasteiger partial charge in [0.25, 0.3) is 11.5 Å². The highest BCUT2D eigenvalue weighted by Gasteiger charge is 2.25. The number of H-pyrrole nitrogens is 1. The van der Waals surface area contributed by atoms with Crippen LogP contribution in [0.25, 0.3) is 0 Å². The second-order valence-corrected chi connectivity index (χ2v) is 6.99. The summed E-state index contributed by atoms with van der Waals surface area (Å²) in [5.74, 6) is 0.493. The molecule has 3 rings (SSSR count). The minimum absolute atomic E-state index is 0.0119. The highest BCUT2D eigenvalue weighted by atomic mass is 16.5. The molecule has 1 aromatic carbocycles. The number of methoxy groups -OCH3 is 1. The number of ether oxygens (including phenoxy) is 2. The van der Waals surface area contributed by atoms with Crippen LogP contribution in [0.4, 0.5) is 0 Å². The molecule has 2 heterocycles. The maximum absolute atomic E-state index is 13.2. The predicted octanol–water partition coefficient (Wildman–Crippen LogP) is 2.82. The van der Waals surface area contributed by atoms with Gasteiger partial charge in [0.1, 0.15) is 11.3 Å². The van der Waals surface area contributed by atoms with Crippen molar-refractivity contribution in [2.45, 2.75) is 39.3 Å². The van der Waals surface area contributed by atoms with Crippen LogP contribution in [0.2, 0.25) is 0 Å². The lowest BCUT2D eigenvalue weighted by molar-refractivity contribution is 0.0506. The zero-order valence-electron chi connectivity index (χ0n) is 16.1. The first-order chi connectivity index (χ1) is 13.0. The van der Waals surface area contributed by atoms with Crippen LogP contribution in [0.1, 0.15) is 40.0 Å². The van der Waals surface area contributed by atoms with Crippen molar-refractivity contribution in [3.63, 3.8) is 0 Å². The number of nitrogens with one attached hydrogen (secondary N) is 1. The van der Waals surface area contributed by atoms with Crippen molar-refractivity contribution in [1.82, 2.24) is 9.88 Å². The fourth-order valence-corrected chi connectivity index (χ4v) is 3.26. The minimum atomic E-state index is -0.352. The van der Waals surface area contributed by atoms with Crippen LogP contribution in [0, 0.1) is 13.8 Å². The van der Waals surface area contributed by atoms with Crippen molar-refractivity contribution < 1.29 is 14.3 Å². The maximum atomic E-state index is 13.2. The van der Waals surface area contributed by atoms with Crippen LogP contribution >= 0.6 is 0 Å². The lowest BCUT2D eigenvalue weighted by Crippen LogP contribution is -2.39. The highest BCUT2D eigenvalue weighted by Crippen LogP contribution is 2.18. The standard InChI is InChI=1S/C21H26N2O4/c1-14-11-19(20(24)22-15(14)2)21(25)23(13-18-5-4-10-27-18)12-16-6-8-17(26-3)9-7-16/h6-9,11,18H,4-5,10,12-13H2,1-3H3,(H,22,24). The minimum Gasteiger partial charge on any atom is -0.497 e. The molecule has 144 valence electrons. The molecule has 6 heteroatoms. The Kier molecular flexibility index (Phi) is 5.96. The average molecular weight is 370 g/mol. The Bertz CT molecular complexity index is 851. The third-order valence-electron chi connectivity index (χ3n) is 5.00. The first-order valence-electron chi connectivity index (χ1n) is 9.22.